The molecule has 25 heavy (non-hydrogen) atoms. The van der Waals surface area contributed by atoms with Crippen molar-refractivity contribution in [1.82, 2.24) is 14.8 Å². The average Bonchev–Trinajstić information content (AvgIpc) is 3.02. The molecule has 1 atom stereocenters. The number of aryl methyl sites for hydroxylation is 2. The Hall–Kier alpha value is -1.46. The second-order valence-electron chi connectivity index (χ2n) is 6.04. The summed E-state index contributed by atoms with van der Waals surface area (Å²) in [5, 5.41) is 3.61. The molecule has 0 saturated carbocycles. The molecule has 9 nitrogen and oxygen atoms in total. The first-order valence-electron chi connectivity index (χ1n) is 8.00. The molecule has 0 aliphatic carbocycles. The van der Waals surface area contributed by atoms with E-state index >= 15 is 0 Å². The lowest BCUT2D eigenvalue weighted by Gasteiger charge is -2.27. The van der Waals surface area contributed by atoms with Crippen molar-refractivity contribution in [2.75, 3.05) is 24.6 Å². The third-order valence-electron chi connectivity index (χ3n) is 4.18. The number of sulfone groups is 1. The van der Waals surface area contributed by atoms with Crippen molar-refractivity contribution in [1.29, 1.82) is 0 Å². The summed E-state index contributed by atoms with van der Waals surface area (Å²) in [5.41, 5.74) is 0.252. The van der Waals surface area contributed by atoms with Crippen molar-refractivity contribution >= 4 is 25.8 Å². The van der Waals surface area contributed by atoms with Gasteiger partial charge in [-0.3, -0.25) is 4.79 Å². The van der Waals surface area contributed by atoms with E-state index in [2.05, 4.69) is 9.88 Å². The first-order valence-corrected chi connectivity index (χ1v) is 11.3. The molecule has 0 spiro atoms. The molecule has 1 aliphatic rings. The Labute approximate surface area is 147 Å². The van der Waals surface area contributed by atoms with Gasteiger partial charge >= 0.3 is 0 Å². The van der Waals surface area contributed by atoms with E-state index in [-0.39, 0.29) is 52.8 Å². The molecule has 2 rings (SSSR count). The second kappa shape index (κ2) is 7.42. The highest BCUT2D eigenvalue weighted by molar-refractivity contribution is 7.91. The zero-order chi connectivity index (χ0) is 18.8. The van der Waals surface area contributed by atoms with Gasteiger partial charge in [-0.05, 0) is 27.2 Å². The van der Waals surface area contributed by atoms with Crippen molar-refractivity contribution in [3.8, 4) is 0 Å². The molecule has 1 aromatic rings. The Morgan fingerprint density at radius 1 is 1.40 bits per heavy atom. The summed E-state index contributed by atoms with van der Waals surface area (Å²) in [6.45, 7) is 5.10. The summed E-state index contributed by atoms with van der Waals surface area (Å²) in [7, 11) is -6.91. The fourth-order valence-electron chi connectivity index (χ4n) is 3.03. The van der Waals surface area contributed by atoms with Crippen molar-refractivity contribution < 1.29 is 26.2 Å². The lowest BCUT2D eigenvalue weighted by Crippen LogP contribution is -2.42. The molecule has 1 N–H and O–H groups in total. The molecule has 2 heterocycles. The first-order chi connectivity index (χ1) is 11.6. The lowest BCUT2D eigenvalue weighted by molar-refractivity contribution is -0.132. The van der Waals surface area contributed by atoms with Crippen molar-refractivity contribution in [2.45, 2.75) is 44.6 Å². The zero-order valence-electron chi connectivity index (χ0n) is 14.5. The molecule has 1 aromatic heterocycles. The fourth-order valence-corrected chi connectivity index (χ4v) is 6.11. The number of rotatable bonds is 7. The highest BCUT2D eigenvalue weighted by atomic mass is 32.2. The molecule has 0 aromatic carbocycles. The van der Waals surface area contributed by atoms with Gasteiger partial charge in [0, 0.05) is 25.6 Å². The number of carbonyl (C=O) groups excluding carboxylic acids is 1. The quantitative estimate of drug-likeness (QED) is 0.690. The average molecular weight is 393 g/mol. The number of nitrogens with zero attached hydrogens (tertiary/aromatic N) is 2. The predicted molar refractivity (Wildman–Crippen MR) is 90.2 cm³/mol. The van der Waals surface area contributed by atoms with Crippen LogP contribution < -0.4 is 4.72 Å². The number of aromatic nitrogens is 1. The van der Waals surface area contributed by atoms with Gasteiger partial charge in [0.2, 0.25) is 15.9 Å². The topological polar surface area (TPSA) is 127 Å². The maximum Gasteiger partial charge on any atom is 0.245 e. The van der Waals surface area contributed by atoms with Gasteiger partial charge in [-0.15, -0.1) is 0 Å². The van der Waals surface area contributed by atoms with E-state index in [1.54, 1.807) is 6.92 Å². The van der Waals surface area contributed by atoms with Gasteiger partial charge < -0.3 is 9.42 Å². The van der Waals surface area contributed by atoms with Gasteiger partial charge in [0.05, 0.1) is 11.5 Å². The highest BCUT2D eigenvalue weighted by Crippen LogP contribution is 2.20. The molecule has 0 radical (unpaired) electrons. The van der Waals surface area contributed by atoms with Gasteiger partial charge in [0.25, 0.3) is 0 Å². The summed E-state index contributed by atoms with van der Waals surface area (Å²) in [5.74, 6) is -0.0361. The molecule has 11 heteroatoms. The van der Waals surface area contributed by atoms with Crippen LogP contribution in [0.15, 0.2) is 9.42 Å². The maximum absolute atomic E-state index is 12.3. The summed E-state index contributed by atoms with van der Waals surface area (Å²) in [6, 6.07) is -0.332. The van der Waals surface area contributed by atoms with Crippen LogP contribution in [-0.2, 0) is 24.7 Å². The normalized spacial score (nSPS) is 19.9. The standard InChI is InChI=1S/C14H23N3O6S2/c1-4-17(12-6-8-24(19,20)9-12)13(18)5-7-15-25(21,22)14-10(2)16-23-11(14)3/h12,15H,4-9H2,1-3H3. The van der Waals surface area contributed by atoms with Gasteiger partial charge in [-0.25, -0.2) is 21.6 Å². The van der Waals surface area contributed by atoms with Gasteiger partial charge in [0.1, 0.15) is 10.6 Å². The van der Waals surface area contributed by atoms with Gasteiger partial charge in [-0.1, -0.05) is 5.16 Å². The van der Waals surface area contributed by atoms with Crippen LogP contribution in [0.3, 0.4) is 0 Å². The summed E-state index contributed by atoms with van der Waals surface area (Å²) in [4.78, 5) is 13.8. The van der Waals surface area contributed by atoms with E-state index in [1.165, 1.54) is 18.7 Å². The Balaban J connectivity index is 1.95. The van der Waals surface area contributed by atoms with E-state index in [0.717, 1.165) is 0 Å². The summed E-state index contributed by atoms with van der Waals surface area (Å²) in [6.07, 6.45) is 0.375. The molecular weight excluding hydrogens is 370 g/mol. The Morgan fingerprint density at radius 3 is 2.56 bits per heavy atom. The number of nitrogens with one attached hydrogen (secondary N) is 1. The largest absolute Gasteiger partial charge is 0.360 e. The lowest BCUT2D eigenvalue weighted by atomic mass is 10.2. The van der Waals surface area contributed by atoms with Crippen molar-refractivity contribution in [3.05, 3.63) is 11.5 Å². The monoisotopic (exact) mass is 393 g/mol. The fraction of sp³-hybridized carbons (Fsp3) is 0.714. The van der Waals surface area contributed by atoms with Crippen LogP contribution in [0.5, 0.6) is 0 Å². The Morgan fingerprint density at radius 2 is 2.08 bits per heavy atom. The molecule has 1 saturated heterocycles. The number of carbonyl (C=O) groups is 1. The van der Waals surface area contributed by atoms with Crippen LogP contribution in [0.25, 0.3) is 0 Å². The van der Waals surface area contributed by atoms with Crippen LogP contribution in [-0.4, -0.2) is 63.4 Å². The van der Waals surface area contributed by atoms with E-state index in [9.17, 15) is 21.6 Å². The number of hydrogen-bond donors (Lipinski definition) is 1. The number of amides is 1. The van der Waals surface area contributed by atoms with Crippen LogP contribution in [0.4, 0.5) is 0 Å². The minimum atomic E-state index is -3.82. The second-order valence-corrected chi connectivity index (χ2v) is 9.97. The Kier molecular flexibility index (Phi) is 5.89. The maximum atomic E-state index is 12.3. The summed E-state index contributed by atoms with van der Waals surface area (Å²) >= 11 is 0. The highest BCUT2D eigenvalue weighted by Gasteiger charge is 2.33. The Bertz CT molecular complexity index is 824. The van der Waals surface area contributed by atoms with Crippen molar-refractivity contribution in [2.24, 2.45) is 0 Å². The SMILES string of the molecule is CCN(C(=O)CCNS(=O)(=O)c1c(C)noc1C)C1CCS(=O)(=O)C1. The molecule has 1 unspecified atom stereocenters. The van der Waals surface area contributed by atoms with E-state index in [0.29, 0.717) is 13.0 Å². The predicted octanol–water partition coefficient (Wildman–Crippen LogP) is -0.00456. The number of hydrogen-bond acceptors (Lipinski definition) is 7. The van der Waals surface area contributed by atoms with Crippen LogP contribution >= 0.6 is 0 Å². The molecular formula is C14H23N3O6S2. The molecule has 1 aliphatic heterocycles. The van der Waals surface area contributed by atoms with E-state index < -0.39 is 19.9 Å². The van der Waals surface area contributed by atoms with E-state index in [4.69, 9.17) is 4.52 Å². The first kappa shape index (κ1) is 19.9. The van der Waals surface area contributed by atoms with Crippen LogP contribution in [0.2, 0.25) is 0 Å². The smallest absolute Gasteiger partial charge is 0.245 e. The number of sulfonamides is 1. The molecule has 1 fully saturated rings. The van der Waals surface area contributed by atoms with Crippen LogP contribution in [0, 0.1) is 13.8 Å². The van der Waals surface area contributed by atoms with Gasteiger partial charge in [-0.2, -0.15) is 0 Å². The third-order valence-corrected chi connectivity index (χ3v) is 7.63. The van der Waals surface area contributed by atoms with Gasteiger partial charge in [0.15, 0.2) is 15.6 Å². The van der Waals surface area contributed by atoms with E-state index in [1.807, 2.05) is 0 Å². The molecule has 142 valence electrons. The minimum Gasteiger partial charge on any atom is -0.360 e. The third kappa shape index (κ3) is 4.59. The zero-order valence-corrected chi connectivity index (χ0v) is 16.1. The molecule has 0 bridgehead atoms. The van der Waals surface area contributed by atoms with Crippen LogP contribution in [0.1, 0.15) is 31.2 Å². The summed E-state index contributed by atoms with van der Waals surface area (Å²) < 4.78 is 54.9. The minimum absolute atomic E-state index is 0.0193. The van der Waals surface area contributed by atoms with Crippen molar-refractivity contribution in [3.63, 3.8) is 0 Å². The molecule has 1 amide bonds.